The molecule has 3 rings (SSSR count). The molecule has 0 fully saturated rings. The molecule has 7 nitrogen and oxygen atoms in total. The van der Waals surface area contributed by atoms with Crippen LogP contribution in [0, 0.1) is 0 Å². The normalized spacial score (nSPS) is 11.9. The van der Waals surface area contributed by atoms with E-state index in [-0.39, 0.29) is 10.5 Å². The Hall–Kier alpha value is -3.65. The highest BCUT2D eigenvalue weighted by atomic mass is 32.2. The van der Waals surface area contributed by atoms with Crippen molar-refractivity contribution in [1.29, 1.82) is 0 Å². The lowest BCUT2D eigenvalue weighted by atomic mass is 10.2. The molecule has 0 aromatic heterocycles. The van der Waals surface area contributed by atoms with E-state index < -0.39 is 28.0 Å². The summed E-state index contributed by atoms with van der Waals surface area (Å²) in [6.45, 7) is 1.80. The third kappa shape index (κ3) is 6.16. The Labute approximate surface area is 181 Å². The number of sulfonamides is 1. The molecule has 0 aliphatic carbocycles. The summed E-state index contributed by atoms with van der Waals surface area (Å²) < 4.78 is 32.6. The first-order valence-electron chi connectivity index (χ1n) is 9.56. The van der Waals surface area contributed by atoms with Gasteiger partial charge in [-0.3, -0.25) is 9.52 Å². The van der Waals surface area contributed by atoms with Crippen molar-refractivity contribution in [2.24, 2.45) is 0 Å². The van der Waals surface area contributed by atoms with E-state index in [0.29, 0.717) is 12.2 Å². The third-order valence-corrected chi connectivity index (χ3v) is 5.79. The molecule has 0 saturated heterocycles. The minimum Gasteiger partial charge on any atom is -0.449 e. The summed E-state index contributed by atoms with van der Waals surface area (Å²) in [5.74, 6) is -1.15. The van der Waals surface area contributed by atoms with Crippen molar-refractivity contribution < 1.29 is 22.7 Å². The predicted octanol–water partition coefficient (Wildman–Crippen LogP) is 3.35. The molecule has 0 bridgehead atoms. The number of carbonyl (C=O) groups is 2. The summed E-state index contributed by atoms with van der Waals surface area (Å²) in [4.78, 5) is 24.5. The summed E-state index contributed by atoms with van der Waals surface area (Å²) in [6, 6.07) is 23.1. The Morgan fingerprint density at radius 1 is 0.871 bits per heavy atom. The molecule has 3 aromatic carbocycles. The first-order chi connectivity index (χ1) is 14.8. The molecule has 1 amide bonds. The van der Waals surface area contributed by atoms with Gasteiger partial charge in [0.1, 0.15) is 0 Å². The number of nitrogens with one attached hydrogen (secondary N) is 2. The molecule has 160 valence electrons. The van der Waals surface area contributed by atoms with Crippen LogP contribution < -0.4 is 10.0 Å². The smallest absolute Gasteiger partial charge is 0.338 e. The van der Waals surface area contributed by atoms with E-state index in [1.165, 1.54) is 31.2 Å². The Kier molecular flexibility index (Phi) is 7.04. The molecule has 3 aromatic rings. The zero-order valence-electron chi connectivity index (χ0n) is 16.8. The second-order valence-electron chi connectivity index (χ2n) is 6.75. The highest BCUT2D eigenvalue weighted by molar-refractivity contribution is 7.92. The van der Waals surface area contributed by atoms with E-state index in [9.17, 15) is 18.0 Å². The van der Waals surface area contributed by atoms with Crippen molar-refractivity contribution in [3.63, 3.8) is 0 Å². The maximum Gasteiger partial charge on any atom is 0.338 e. The number of ether oxygens (including phenoxy) is 1. The number of amides is 1. The van der Waals surface area contributed by atoms with Crippen molar-refractivity contribution in [1.82, 2.24) is 5.32 Å². The van der Waals surface area contributed by atoms with Gasteiger partial charge in [0, 0.05) is 12.2 Å². The van der Waals surface area contributed by atoms with Crippen molar-refractivity contribution in [2.45, 2.75) is 24.5 Å². The van der Waals surface area contributed by atoms with Crippen LogP contribution in [-0.4, -0.2) is 26.4 Å². The van der Waals surface area contributed by atoms with Crippen LogP contribution in [0.4, 0.5) is 5.69 Å². The first-order valence-corrected chi connectivity index (χ1v) is 11.0. The number of esters is 1. The monoisotopic (exact) mass is 438 g/mol. The van der Waals surface area contributed by atoms with Crippen LogP contribution in [0.25, 0.3) is 0 Å². The second-order valence-corrected chi connectivity index (χ2v) is 8.43. The van der Waals surface area contributed by atoms with Crippen LogP contribution in [-0.2, 0) is 26.1 Å². The van der Waals surface area contributed by atoms with Gasteiger partial charge >= 0.3 is 5.97 Å². The predicted molar refractivity (Wildman–Crippen MR) is 117 cm³/mol. The van der Waals surface area contributed by atoms with E-state index >= 15 is 0 Å². The lowest BCUT2D eigenvalue weighted by Gasteiger charge is -2.14. The van der Waals surface area contributed by atoms with Crippen LogP contribution in [0.15, 0.2) is 89.8 Å². The van der Waals surface area contributed by atoms with Crippen LogP contribution in [0.5, 0.6) is 0 Å². The fourth-order valence-electron chi connectivity index (χ4n) is 2.70. The van der Waals surface area contributed by atoms with Gasteiger partial charge in [0.25, 0.3) is 15.9 Å². The third-order valence-electron chi connectivity index (χ3n) is 4.39. The molecule has 0 radical (unpaired) electrons. The minimum atomic E-state index is -3.79. The quantitative estimate of drug-likeness (QED) is 0.525. The average molecular weight is 439 g/mol. The molecule has 2 N–H and O–H groups in total. The molecule has 1 unspecified atom stereocenters. The topological polar surface area (TPSA) is 102 Å². The fraction of sp³-hybridized carbons (Fsp3) is 0.130. The second kappa shape index (κ2) is 9.90. The summed E-state index contributed by atoms with van der Waals surface area (Å²) in [6.07, 6.45) is -1.00. The van der Waals surface area contributed by atoms with E-state index in [0.717, 1.165) is 5.56 Å². The summed E-state index contributed by atoms with van der Waals surface area (Å²) in [5, 5.41) is 2.70. The number of para-hydroxylation sites is 1. The van der Waals surface area contributed by atoms with Gasteiger partial charge in [0.2, 0.25) is 0 Å². The zero-order chi connectivity index (χ0) is 22.3. The SMILES string of the molecule is CC(OC(=O)c1ccc(S(=O)(=O)Nc2ccccc2)cc1)C(=O)NCc1ccccc1. The van der Waals surface area contributed by atoms with E-state index in [2.05, 4.69) is 10.0 Å². The Morgan fingerprint density at radius 3 is 2.06 bits per heavy atom. The molecule has 0 aliphatic rings. The Bertz CT molecular complexity index is 1130. The van der Waals surface area contributed by atoms with Gasteiger partial charge in [0.05, 0.1) is 10.5 Å². The van der Waals surface area contributed by atoms with Crippen molar-refractivity contribution in [3.8, 4) is 0 Å². The molecule has 31 heavy (non-hydrogen) atoms. The summed E-state index contributed by atoms with van der Waals surface area (Å²) in [7, 11) is -3.79. The highest BCUT2D eigenvalue weighted by Gasteiger charge is 2.20. The summed E-state index contributed by atoms with van der Waals surface area (Å²) in [5.41, 5.74) is 1.50. The number of hydrogen-bond donors (Lipinski definition) is 2. The van der Waals surface area contributed by atoms with Gasteiger partial charge in [-0.05, 0) is 48.9 Å². The molecule has 0 aliphatic heterocycles. The van der Waals surface area contributed by atoms with Crippen LogP contribution >= 0.6 is 0 Å². The summed E-state index contributed by atoms with van der Waals surface area (Å²) >= 11 is 0. The van der Waals surface area contributed by atoms with Gasteiger partial charge in [-0.2, -0.15) is 0 Å². The lowest BCUT2D eigenvalue weighted by Crippen LogP contribution is -2.35. The minimum absolute atomic E-state index is 0.00144. The van der Waals surface area contributed by atoms with Gasteiger partial charge in [-0.25, -0.2) is 13.2 Å². The van der Waals surface area contributed by atoms with Crippen molar-refractivity contribution in [3.05, 3.63) is 96.1 Å². The lowest BCUT2D eigenvalue weighted by molar-refractivity contribution is -0.129. The number of carbonyl (C=O) groups excluding carboxylic acids is 2. The largest absolute Gasteiger partial charge is 0.449 e. The molecule has 0 saturated carbocycles. The molecule has 1 atom stereocenters. The molecular weight excluding hydrogens is 416 g/mol. The number of hydrogen-bond acceptors (Lipinski definition) is 5. The first kappa shape index (κ1) is 22.0. The van der Waals surface area contributed by atoms with E-state index in [4.69, 9.17) is 4.74 Å². The maximum absolute atomic E-state index is 12.5. The average Bonchev–Trinajstić information content (AvgIpc) is 2.78. The van der Waals surface area contributed by atoms with Gasteiger partial charge in [-0.15, -0.1) is 0 Å². The zero-order valence-corrected chi connectivity index (χ0v) is 17.6. The van der Waals surface area contributed by atoms with Gasteiger partial charge in [-0.1, -0.05) is 48.5 Å². The van der Waals surface area contributed by atoms with Crippen molar-refractivity contribution >= 4 is 27.6 Å². The highest BCUT2D eigenvalue weighted by Crippen LogP contribution is 2.17. The van der Waals surface area contributed by atoms with Gasteiger partial charge in [0.15, 0.2) is 6.10 Å². The molecule has 0 heterocycles. The van der Waals surface area contributed by atoms with E-state index in [1.54, 1.807) is 30.3 Å². The van der Waals surface area contributed by atoms with Crippen LogP contribution in [0.2, 0.25) is 0 Å². The van der Waals surface area contributed by atoms with E-state index in [1.807, 2.05) is 30.3 Å². The van der Waals surface area contributed by atoms with Crippen LogP contribution in [0.3, 0.4) is 0 Å². The van der Waals surface area contributed by atoms with Crippen LogP contribution in [0.1, 0.15) is 22.8 Å². The number of benzene rings is 3. The number of rotatable bonds is 8. The fourth-order valence-corrected chi connectivity index (χ4v) is 3.76. The Morgan fingerprint density at radius 2 is 1.45 bits per heavy atom. The maximum atomic E-state index is 12.5. The molecule has 8 heteroatoms. The van der Waals surface area contributed by atoms with Crippen molar-refractivity contribution in [2.75, 3.05) is 4.72 Å². The number of anilines is 1. The van der Waals surface area contributed by atoms with Gasteiger partial charge < -0.3 is 10.1 Å². The standard InChI is InChI=1S/C23H22N2O5S/c1-17(22(26)24-16-18-8-4-2-5-9-18)30-23(27)19-12-14-21(15-13-19)31(28,29)25-20-10-6-3-7-11-20/h2-15,17,25H,16H2,1H3,(H,24,26). The Balaban J connectivity index is 1.57. The molecular formula is C23H22N2O5S. The molecule has 0 spiro atoms.